The molecule has 1 unspecified atom stereocenters. The highest BCUT2D eigenvalue weighted by Crippen LogP contribution is 2.22. The van der Waals surface area contributed by atoms with Gasteiger partial charge in [-0.25, -0.2) is 9.59 Å². The maximum atomic E-state index is 12.9. The van der Waals surface area contributed by atoms with E-state index in [-0.39, 0.29) is 18.4 Å². The van der Waals surface area contributed by atoms with Crippen molar-refractivity contribution in [1.29, 1.82) is 0 Å². The van der Waals surface area contributed by atoms with Crippen LogP contribution in [0, 0.1) is 5.92 Å². The second-order valence-corrected chi connectivity index (χ2v) is 6.64. The fraction of sp³-hybridized carbons (Fsp3) is 0.526. The summed E-state index contributed by atoms with van der Waals surface area (Å²) in [6.07, 6.45) is 0.613. The molecule has 1 fully saturated rings. The third-order valence-electron chi connectivity index (χ3n) is 4.42. The minimum atomic E-state index is -0.745. The van der Waals surface area contributed by atoms with Gasteiger partial charge < -0.3 is 19.7 Å². The number of nitrogens with zero attached hydrogens (tertiary/aromatic N) is 1. The molecule has 1 aliphatic heterocycles. The van der Waals surface area contributed by atoms with Crippen LogP contribution in [0.3, 0.4) is 0 Å². The van der Waals surface area contributed by atoms with Crippen LogP contribution in [0.1, 0.15) is 32.3 Å². The highest BCUT2D eigenvalue weighted by atomic mass is 16.5. The lowest BCUT2D eigenvalue weighted by molar-refractivity contribution is -0.155. The van der Waals surface area contributed by atoms with Gasteiger partial charge >= 0.3 is 12.1 Å². The molecule has 26 heavy (non-hydrogen) atoms. The first-order valence-corrected chi connectivity index (χ1v) is 8.79. The molecule has 0 radical (unpaired) electrons. The molecule has 0 saturated carbocycles. The van der Waals surface area contributed by atoms with Crippen molar-refractivity contribution in [1.82, 2.24) is 10.2 Å². The van der Waals surface area contributed by atoms with E-state index in [0.717, 1.165) is 12.0 Å². The number of nitrogens with one attached hydrogen (secondary N) is 1. The minimum Gasteiger partial charge on any atom is -0.459 e. The molecule has 1 heterocycles. The summed E-state index contributed by atoms with van der Waals surface area (Å²) in [5, 5.41) is 2.56. The third kappa shape index (κ3) is 4.97. The number of methoxy groups -OCH3 is 1. The fourth-order valence-electron chi connectivity index (χ4n) is 2.98. The molecule has 0 aromatic heterocycles. The predicted molar refractivity (Wildman–Crippen MR) is 95.1 cm³/mol. The first kappa shape index (κ1) is 19.8. The molecule has 1 N–H and O–H groups in total. The smallest absolute Gasteiger partial charge is 0.407 e. The van der Waals surface area contributed by atoms with E-state index >= 15 is 0 Å². The largest absolute Gasteiger partial charge is 0.459 e. The number of amides is 2. The normalized spacial score (nSPS) is 17.7. The van der Waals surface area contributed by atoms with Gasteiger partial charge in [-0.2, -0.15) is 0 Å². The first-order chi connectivity index (χ1) is 12.4. The lowest BCUT2D eigenvalue weighted by Crippen LogP contribution is -2.54. The number of alkyl carbamates (subject to hydrolysis) is 1. The molecule has 2 amide bonds. The second-order valence-electron chi connectivity index (χ2n) is 6.64. The number of hydrogen-bond acceptors (Lipinski definition) is 5. The standard InChI is InChI=1S/C19H26N2O5/c1-13(2)16(20-19(24)25-3)17(22)21-11-7-10-15(21)18(23)26-12-14-8-5-4-6-9-14/h4-6,8-9,13,15-16H,7,10-12H2,1-3H3,(H,20,24)/t15?,16-/m0/s1. The molecular weight excluding hydrogens is 336 g/mol. The number of esters is 1. The van der Waals surface area contributed by atoms with Crippen LogP contribution in [0.25, 0.3) is 0 Å². The predicted octanol–water partition coefficient (Wildman–Crippen LogP) is 2.10. The van der Waals surface area contributed by atoms with Crippen LogP contribution in [-0.4, -0.2) is 48.6 Å². The highest BCUT2D eigenvalue weighted by molar-refractivity contribution is 5.90. The summed E-state index contributed by atoms with van der Waals surface area (Å²) in [5.41, 5.74) is 0.893. The zero-order chi connectivity index (χ0) is 19.1. The number of hydrogen-bond donors (Lipinski definition) is 1. The number of ether oxygens (including phenoxy) is 2. The Morgan fingerprint density at radius 1 is 1.23 bits per heavy atom. The Kier molecular flexibility index (Phi) is 7.00. The van der Waals surface area contributed by atoms with Crippen molar-refractivity contribution in [3.8, 4) is 0 Å². The SMILES string of the molecule is COC(=O)N[C@H](C(=O)N1CCCC1C(=O)OCc1ccccc1)C(C)C. The highest BCUT2D eigenvalue weighted by Gasteiger charge is 2.39. The van der Waals surface area contributed by atoms with Gasteiger partial charge in [-0.05, 0) is 24.3 Å². The van der Waals surface area contributed by atoms with Gasteiger partial charge in [0.25, 0.3) is 0 Å². The summed E-state index contributed by atoms with van der Waals surface area (Å²) < 4.78 is 9.98. The third-order valence-corrected chi connectivity index (χ3v) is 4.42. The van der Waals surface area contributed by atoms with Crippen molar-refractivity contribution in [2.75, 3.05) is 13.7 Å². The molecule has 1 saturated heterocycles. The Morgan fingerprint density at radius 3 is 2.54 bits per heavy atom. The Balaban J connectivity index is 2.01. The maximum absolute atomic E-state index is 12.9. The molecule has 2 atom stereocenters. The van der Waals surface area contributed by atoms with Crippen LogP contribution >= 0.6 is 0 Å². The van der Waals surface area contributed by atoms with Gasteiger partial charge in [0, 0.05) is 6.54 Å². The average Bonchev–Trinajstić information content (AvgIpc) is 3.13. The summed E-state index contributed by atoms with van der Waals surface area (Å²) in [6.45, 7) is 4.30. The lowest BCUT2D eigenvalue weighted by atomic mass is 10.0. The van der Waals surface area contributed by atoms with E-state index in [2.05, 4.69) is 10.1 Å². The Hall–Kier alpha value is -2.57. The van der Waals surface area contributed by atoms with Gasteiger partial charge in [0.05, 0.1) is 7.11 Å². The first-order valence-electron chi connectivity index (χ1n) is 8.79. The van der Waals surface area contributed by atoms with Crippen LogP contribution in [0.2, 0.25) is 0 Å². The van der Waals surface area contributed by atoms with Gasteiger partial charge in [0.1, 0.15) is 18.7 Å². The van der Waals surface area contributed by atoms with Gasteiger partial charge in [0.2, 0.25) is 5.91 Å². The van der Waals surface area contributed by atoms with Crippen LogP contribution in [-0.2, 0) is 25.7 Å². The molecule has 142 valence electrons. The van der Waals surface area contributed by atoms with Crippen molar-refractivity contribution in [2.45, 2.75) is 45.4 Å². The topological polar surface area (TPSA) is 84.9 Å². The van der Waals surface area contributed by atoms with Crippen molar-refractivity contribution in [3.63, 3.8) is 0 Å². The van der Waals surface area contributed by atoms with Crippen LogP contribution in [0.4, 0.5) is 4.79 Å². The van der Waals surface area contributed by atoms with Crippen molar-refractivity contribution < 1.29 is 23.9 Å². The van der Waals surface area contributed by atoms with Crippen molar-refractivity contribution in [3.05, 3.63) is 35.9 Å². The van der Waals surface area contributed by atoms with E-state index < -0.39 is 24.1 Å². The molecule has 1 aromatic rings. The number of carbonyl (C=O) groups is 3. The van der Waals surface area contributed by atoms with E-state index in [1.165, 1.54) is 12.0 Å². The van der Waals surface area contributed by atoms with Crippen molar-refractivity contribution in [2.24, 2.45) is 5.92 Å². The zero-order valence-electron chi connectivity index (χ0n) is 15.4. The average molecular weight is 362 g/mol. The second kappa shape index (κ2) is 9.22. The van der Waals surface area contributed by atoms with Gasteiger partial charge in [-0.3, -0.25) is 4.79 Å². The van der Waals surface area contributed by atoms with Gasteiger partial charge in [-0.15, -0.1) is 0 Å². The Bertz CT molecular complexity index is 632. The summed E-state index contributed by atoms with van der Waals surface area (Å²) in [5.74, 6) is -0.840. The molecule has 1 aromatic carbocycles. The summed E-state index contributed by atoms with van der Waals surface area (Å²) in [4.78, 5) is 38.4. The van der Waals surface area contributed by atoms with Gasteiger partial charge in [0.15, 0.2) is 0 Å². The quantitative estimate of drug-likeness (QED) is 0.784. The number of rotatable bonds is 6. The number of carbonyl (C=O) groups excluding carboxylic acids is 3. The molecular formula is C19H26N2O5. The van der Waals surface area contributed by atoms with E-state index in [1.807, 2.05) is 44.2 Å². The molecule has 0 spiro atoms. The molecule has 1 aliphatic rings. The van der Waals surface area contributed by atoms with E-state index in [9.17, 15) is 14.4 Å². The summed E-state index contributed by atoms with van der Waals surface area (Å²) in [7, 11) is 1.25. The molecule has 0 aliphatic carbocycles. The van der Waals surface area contributed by atoms with Crippen molar-refractivity contribution >= 4 is 18.0 Å². The van der Waals surface area contributed by atoms with Gasteiger partial charge in [-0.1, -0.05) is 44.2 Å². The van der Waals surface area contributed by atoms with E-state index in [0.29, 0.717) is 13.0 Å². The molecule has 0 bridgehead atoms. The fourth-order valence-corrected chi connectivity index (χ4v) is 2.98. The minimum absolute atomic E-state index is 0.136. The summed E-state index contributed by atoms with van der Waals surface area (Å²) >= 11 is 0. The van der Waals surface area contributed by atoms with Crippen LogP contribution < -0.4 is 5.32 Å². The maximum Gasteiger partial charge on any atom is 0.407 e. The monoisotopic (exact) mass is 362 g/mol. The summed E-state index contributed by atoms with van der Waals surface area (Å²) in [6, 6.07) is 8.03. The number of likely N-dealkylation sites (tertiary alicyclic amines) is 1. The zero-order valence-corrected chi connectivity index (χ0v) is 15.4. The van der Waals surface area contributed by atoms with E-state index in [1.54, 1.807) is 0 Å². The van der Waals surface area contributed by atoms with Crippen LogP contribution in [0.5, 0.6) is 0 Å². The number of benzene rings is 1. The van der Waals surface area contributed by atoms with Crippen LogP contribution in [0.15, 0.2) is 30.3 Å². The molecule has 7 heteroatoms. The van der Waals surface area contributed by atoms with E-state index in [4.69, 9.17) is 4.74 Å². The Morgan fingerprint density at radius 2 is 1.92 bits per heavy atom. The molecule has 7 nitrogen and oxygen atoms in total. The lowest BCUT2D eigenvalue weighted by Gasteiger charge is -2.29. The Labute approximate surface area is 153 Å². The molecule has 2 rings (SSSR count).